The smallest absolute Gasteiger partial charge is 0.256 e. The molecular weight excluding hydrogens is 299 g/mol. The van der Waals surface area contributed by atoms with E-state index in [1.54, 1.807) is 30.3 Å². The summed E-state index contributed by atoms with van der Waals surface area (Å²) in [4.78, 5) is 18.7. The zero-order valence-corrected chi connectivity index (χ0v) is 13.0. The minimum atomic E-state index is -0.584. The van der Waals surface area contributed by atoms with Crippen LogP contribution < -0.4 is 0 Å². The summed E-state index contributed by atoms with van der Waals surface area (Å²) in [6.45, 7) is 0.839. The lowest BCUT2D eigenvalue weighted by molar-refractivity contribution is -0.0845. The quantitative estimate of drug-likeness (QED) is 0.940. The van der Waals surface area contributed by atoms with E-state index in [1.807, 2.05) is 0 Å². The van der Waals surface area contributed by atoms with Crippen molar-refractivity contribution in [3.05, 3.63) is 41.8 Å². The monoisotopic (exact) mass is 318 g/mol. The van der Waals surface area contributed by atoms with Crippen LogP contribution in [0.2, 0.25) is 0 Å². The summed E-state index contributed by atoms with van der Waals surface area (Å²) in [5, 5.41) is 10.1. The lowest BCUT2D eigenvalue weighted by Crippen LogP contribution is -2.49. The predicted molar refractivity (Wildman–Crippen MR) is 83.7 cm³/mol. The molecule has 5 nitrogen and oxygen atoms in total. The Bertz CT molecular complexity index is 721. The Hall–Kier alpha value is -2.05. The maximum absolute atomic E-state index is 13.8. The molecule has 1 saturated heterocycles. The molecule has 0 unspecified atom stereocenters. The van der Waals surface area contributed by atoms with Crippen LogP contribution in [0.15, 0.2) is 30.5 Å². The first-order valence-electron chi connectivity index (χ1n) is 7.58. The van der Waals surface area contributed by atoms with Crippen LogP contribution in [0.4, 0.5) is 4.39 Å². The SMILES string of the molecule is COC1(CO)CCN(C(=O)c2cc(F)cc3cccnc23)CC1. The van der Waals surface area contributed by atoms with Gasteiger partial charge in [0.25, 0.3) is 5.91 Å². The zero-order valence-electron chi connectivity index (χ0n) is 13.0. The molecule has 0 aliphatic carbocycles. The lowest BCUT2D eigenvalue weighted by atomic mass is 9.91. The fraction of sp³-hybridized carbons (Fsp3) is 0.412. The second kappa shape index (κ2) is 6.22. The number of carbonyl (C=O) groups is 1. The third kappa shape index (κ3) is 2.92. The first kappa shape index (κ1) is 15.8. The van der Waals surface area contributed by atoms with E-state index < -0.39 is 11.4 Å². The summed E-state index contributed by atoms with van der Waals surface area (Å²) in [5.41, 5.74) is 0.193. The van der Waals surface area contributed by atoms with Gasteiger partial charge in [-0.1, -0.05) is 6.07 Å². The highest BCUT2D eigenvalue weighted by Gasteiger charge is 2.36. The molecule has 1 N–H and O–H groups in total. The molecule has 122 valence electrons. The average molecular weight is 318 g/mol. The standard InChI is InChI=1S/C17H19FN2O3/c1-23-17(11-21)4-7-20(8-5-17)16(22)14-10-13(18)9-12-3-2-6-19-15(12)14/h2-3,6,9-10,21H,4-5,7-8,11H2,1H3. The van der Waals surface area contributed by atoms with Crippen molar-refractivity contribution in [3.63, 3.8) is 0 Å². The topological polar surface area (TPSA) is 62.7 Å². The Morgan fingerprint density at radius 3 is 2.83 bits per heavy atom. The van der Waals surface area contributed by atoms with E-state index in [2.05, 4.69) is 4.98 Å². The number of methoxy groups -OCH3 is 1. The number of carbonyl (C=O) groups excluding carboxylic acids is 1. The van der Waals surface area contributed by atoms with E-state index in [9.17, 15) is 14.3 Å². The highest BCUT2D eigenvalue weighted by atomic mass is 19.1. The van der Waals surface area contributed by atoms with Gasteiger partial charge in [-0.15, -0.1) is 0 Å². The molecule has 0 saturated carbocycles. The highest BCUT2D eigenvalue weighted by molar-refractivity contribution is 6.05. The number of halogens is 1. The number of benzene rings is 1. The number of likely N-dealkylation sites (tertiary alicyclic amines) is 1. The molecule has 3 rings (SSSR count). The molecule has 2 heterocycles. The van der Waals surface area contributed by atoms with Gasteiger partial charge in [-0.25, -0.2) is 4.39 Å². The maximum atomic E-state index is 13.8. The van der Waals surface area contributed by atoms with Crippen molar-refractivity contribution in [2.45, 2.75) is 18.4 Å². The van der Waals surface area contributed by atoms with Crippen molar-refractivity contribution >= 4 is 16.8 Å². The molecule has 1 aliphatic rings. The number of pyridine rings is 1. The maximum Gasteiger partial charge on any atom is 0.256 e. The van der Waals surface area contributed by atoms with Crippen molar-refractivity contribution in [2.75, 3.05) is 26.8 Å². The van der Waals surface area contributed by atoms with Crippen LogP contribution in [0.3, 0.4) is 0 Å². The van der Waals surface area contributed by atoms with Crippen LogP contribution >= 0.6 is 0 Å². The van der Waals surface area contributed by atoms with Gasteiger partial charge in [0.2, 0.25) is 0 Å². The second-order valence-corrected chi connectivity index (χ2v) is 5.87. The number of aromatic nitrogens is 1. The lowest BCUT2D eigenvalue weighted by Gasteiger charge is -2.39. The molecule has 0 spiro atoms. The van der Waals surface area contributed by atoms with E-state index in [0.717, 1.165) is 0 Å². The number of ether oxygens (including phenoxy) is 1. The summed E-state index contributed by atoms with van der Waals surface area (Å²) < 4.78 is 19.2. The number of hydrogen-bond acceptors (Lipinski definition) is 4. The molecule has 2 aromatic rings. The van der Waals surface area contributed by atoms with Gasteiger partial charge in [0, 0.05) is 31.8 Å². The number of piperidine rings is 1. The molecule has 23 heavy (non-hydrogen) atoms. The minimum absolute atomic E-state index is 0.0734. The molecular formula is C17H19FN2O3. The molecule has 1 aromatic carbocycles. The largest absolute Gasteiger partial charge is 0.393 e. The van der Waals surface area contributed by atoms with Gasteiger partial charge >= 0.3 is 0 Å². The van der Waals surface area contributed by atoms with Crippen molar-refractivity contribution in [3.8, 4) is 0 Å². The van der Waals surface area contributed by atoms with Crippen LogP contribution in [-0.4, -0.2) is 53.3 Å². The Morgan fingerprint density at radius 2 is 2.17 bits per heavy atom. The average Bonchev–Trinajstić information content (AvgIpc) is 2.60. The summed E-state index contributed by atoms with van der Waals surface area (Å²) in [5.74, 6) is -0.691. The molecule has 6 heteroatoms. The molecule has 1 fully saturated rings. The van der Waals surface area contributed by atoms with E-state index >= 15 is 0 Å². The molecule has 1 aromatic heterocycles. The number of amides is 1. The van der Waals surface area contributed by atoms with Gasteiger partial charge < -0.3 is 14.7 Å². The normalized spacial score (nSPS) is 17.4. The van der Waals surface area contributed by atoms with Crippen molar-refractivity contribution in [2.24, 2.45) is 0 Å². The van der Waals surface area contributed by atoms with Crippen LogP contribution in [-0.2, 0) is 4.74 Å². The highest BCUT2D eigenvalue weighted by Crippen LogP contribution is 2.27. The third-order valence-corrected chi connectivity index (χ3v) is 4.58. The van der Waals surface area contributed by atoms with Crippen molar-refractivity contribution < 1.29 is 19.0 Å². The van der Waals surface area contributed by atoms with Crippen LogP contribution in [0.1, 0.15) is 23.2 Å². The fourth-order valence-corrected chi connectivity index (χ4v) is 3.03. The first-order valence-corrected chi connectivity index (χ1v) is 7.58. The Balaban J connectivity index is 1.88. The minimum Gasteiger partial charge on any atom is -0.393 e. The molecule has 0 radical (unpaired) electrons. The van der Waals surface area contributed by atoms with Gasteiger partial charge in [0.15, 0.2) is 0 Å². The second-order valence-electron chi connectivity index (χ2n) is 5.87. The number of aliphatic hydroxyl groups excluding tert-OH is 1. The van der Waals surface area contributed by atoms with Crippen molar-refractivity contribution in [1.82, 2.24) is 9.88 Å². The van der Waals surface area contributed by atoms with Gasteiger partial charge in [-0.3, -0.25) is 9.78 Å². The number of aliphatic hydroxyl groups is 1. The van der Waals surface area contributed by atoms with E-state index in [-0.39, 0.29) is 18.1 Å². The first-order chi connectivity index (χ1) is 11.1. The number of rotatable bonds is 3. The molecule has 1 aliphatic heterocycles. The third-order valence-electron chi connectivity index (χ3n) is 4.58. The van der Waals surface area contributed by atoms with Gasteiger partial charge in [0.1, 0.15) is 5.82 Å². The molecule has 0 bridgehead atoms. The summed E-state index contributed by atoms with van der Waals surface area (Å²) >= 11 is 0. The molecule has 1 amide bonds. The summed E-state index contributed by atoms with van der Waals surface area (Å²) in [6.07, 6.45) is 2.69. The van der Waals surface area contributed by atoms with E-state index in [0.29, 0.717) is 36.8 Å². The number of hydrogen-bond donors (Lipinski definition) is 1. The zero-order chi connectivity index (χ0) is 16.4. The molecule has 0 atom stereocenters. The van der Waals surface area contributed by atoms with Crippen LogP contribution in [0.5, 0.6) is 0 Å². The van der Waals surface area contributed by atoms with E-state index in [1.165, 1.54) is 12.1 Å². The van der Waals surface area contributed by atoms with Crippen LogP contribution in [0, 0.1) is 5.82 Å². The Labute approximate surface area is 133 Å². The van der Waals surface area contributed by atoms with Crippen LogP contribution in [0.25, 0.3) is 10.9 Å². The van der Waals surface area contributed by atoms with Crippen molar-refractivity contribution in [1.29, 1.82) is 0 Å². The van der Waals surface area contributed by atoms with Gasteiger partial charge in [-0.05, 0) is 31.0 Å². The summed E-state index contributed by atoms with van der Waals surface area (Å²) in [6, 6.07) is 6.06. The number of nitrogens with zero attached hydrogens (tertiary/aromatic N) is 2. The fourth-order valence-electron chi connectivity index (χ4n) is 3.03. The summed E-state index contributed by atoms with van der Waals surface area (Å²) in [7, 11) is 1.57. The number of fused-ring (bicyclic) bond motifs is 1. The van der Waals surface area contributed by atoms with Gasteiger partial charge in [-0.2, -0.15) is 0 Å². The Morgan fingerprint density at radius 1 is 1.43 bits per heavy atom. The van der Waals surface area contributed by atoms with Gasteiger partial charge in [0.05, 0.1) is 23.3 Å². The Kier molecular flexibility index (Phi) is 4.28. The predicted octanol–water partition coefficient (Wildman–Crippen LogP) is 1.99. The van der Waals surface area contributed by atoms with E-state index in [4.69, 9.17) is 4.74 Å².